The van der Waals surface area contributed by atoms with Crippen LogP contribution in [0.4, 0.5) is 5.69 Å². The van der Waals surface area contributed by atoms with Gasteiger partial charge in [0.15, 0.2) is 5.15 Å². The topological polar surface area (TPSA) is 74.9 Å². The number of nitrogens with zero attached hydrogens (tertiary/aromatic N) is 4. The van der Waals surface area contributed by atoms with E-state index >= 15 is 0 Å². The van der Waals surface area contributed by atoms with Gasteiger partial charge in [0.05, 0.1) is 22.8 Å². The monoisotopic (exact) mass is 551 g/mol. The van der Waals surface area contributed by atoms with Crippen LogP contribution in [0.5, 0.6) is 0 Å². The van der Waals surface area contributed by atoms with E-state index in [9.17, 15) is 4.79 Å². The largest absolute Gasteiger partial charge is 0.306 e. The zero-order chi connectivity index (χ0) is 27.2. The molecule has 39 heavy (non-hydrogen) atoms. The molecule has 6 nitrogen and oxygen atoms in total. The fraction of sp³-hybridized carbons (Fsp3) is 0.0968. The number of benzene rings is 3. The minimum atomic E-state index is -0.627. The Morgan fingerprint density at radius 2 is 1.44 bits per heavy atom. The standard InChI is InChI=1S/C31H26ClN5OS/c1-36(28-21-37(35-29(28)32)26-18-11-19-34-20-26)30(38)27(33)22-39-31(23-12-5-2-6-13-23,24-14-7-3-8-15-24)25-16-9-4-10-17-25/h2-21,33H,22H2,1H3. The van der Waals surface area contributed by atoms with Crippen LogP contribution in [-0.2, 0) is 9.54 Å². The molecular formula is C31H26ClN5OS. The van der Waals surface area contributed by atoms with E-state index in [-0.39, 0.29) is 16.6 Å². The summed E-state index contributed by atoms with van der Waals surface area (Å²) in [6.45, 7) is 0. The molecule has 2 aromatic heterocycles. The third-order valence-corrected chi connectivity index (χ3v) is 8.30. The Balaban J connectivity index is 1.45. The number of aromatic nitrogens is 3. The Labute approximate surface area is 236 Å². The van der Waals surface area contributed by atoms with Gasteiger partial charge >= 0.3 is 0 Å². The minimum absolute atomic E-state index is 0.0418. The maximum Gasteiger partial charge on any atom is 0.272 e. The number of nitrogens with one attached hydrogen (secondary N) is 1. The minimum Gasteiger partial charge on any atom is -0.306 e. The number of hydrogen-bond acceptors (Lipinski definition) is 5. The van der Waals surface area contributed by atoms with E-state index in [1.54, 1.807) is 48.1 Å². The SMILES string of the molecule is CN(C(=O)C(=N)CSC(c1ccccc1)(c1ccccc1)c1ccccc1)c1cn(-c2cccnc2)nc1Cl. The van der Waals surface area contributed by atoms with E-state index in [0.717, 1.165) is 22.4 Å². The molecule has 0 radical (unpaired) electrons. The van der Waals surface area contributed by atoms with E-state index < -0.39 is 10.7 Å². The van der Waals surface area contributed by atoms with Crippen LogP contribution in [0.15, 0.2) is 122 Å². The van der Waals surface area contributed by atoms with Crippen LogP contribution in [0.25, 0.3) is 5.69 Å². The molecule has 0 unspecified atom stereocenters. The Morgan fingerprint density at radius 1 is 0.897 bits per heavy atom. The van der Waals surface area contributed by atoms with E-state index in [1.165, 1.54) is 4.90 Å². The van der Waals surface area contributed by atoms with Crippen LogP contribution >= 0.6 is 23.4 Å². The zero-order valence-electron chi connectivity index (χ0n) is 21.2. The Hall–Kier alpha value is -4.20. The van der Waals surface area contributed by atoms with Crippen molar-refractivity contribution in [2.45, 2.75) is 4.75 Å². The number of thioether (sulfide) groups is 1. The van der Waals surface area contributed by atoms with Crippen molar-refractivity contribution in [2.24, 2.45) is 0 Å². The molecule has 0 saturated carbocycles. The molecule has 194 valence electrons. The van der Waals surface area contributed by atoms with Crippen LogP contribution in [0.1, 0.15) is 16.7 Å². The number of anilines is 1. The summed E-state index contributed by atoms with van der Waals surface area (Å²) in [5.41, 5.74) is 4.31. The molecule has 0 aliphatic carbocycles. The highest BCUT2D eigenvalue weighted by atomic mass is 35.5. The van der Waals surface area contributed by atoms with Gasteiger partial charge in [0.25, 0.3) is 5.91 Å². The zero-order valence-corrected chi connectivity index (χ0v) is 22.8. The lowest BCUT2D eigenvalue weighted by Gasteiger charge is -2.35. The summed E-state index contributed by atoms with van der Waals surface area (Å²) >= 11 is 7.96. The van der Waals surface area contributed by atoms with Crippen LogP contribution < -0.4 is 4.90 Å². The number of carbonyl (C=O) groups is 1. The van der Waals surface area contributed by atoms with Gasteiger partial charge < -0.3 is 4.90 Å². The van der Waals surface area contributed by atoms with Gasteiger partial charge in [-0.15, -0.1) is 11.8 Å². The molecule has 1 amide bonds. The molecule has 0 saturated heterocycles. The van der Waals surface area contributed by atoms with Crippen molar-refractivity contribution >= 4 is 40.7 Å². The molecule has 0 spiro atoms. The van der Waals surface area contributed by atoms with Crippen molar-refractivity contribution in [1.82, 2.24) is 14.8 Å². The second kappa shape index (κ2) is 11.7. The maximum atomic E-state index is 13.4. The molecule has 8 heteroatoms. The third kappa shape index (κ3) is 5.37. The molecule has 1 N–H and O–H groups in total. The second-order valence-corrected chi connectivity index (χ2v) is 10.4. The van der Waals surface area contributed by atoms with Gasteiger partial charge in [0.1, 0.15) is 11.4 Å². The third-order valence-electron chi connectivity index (χ3n) is 6.46. The smallest absolute Gasteiger partial charge is 0.272 e. The maximum absolute atomic E-state index is 13.4. The first-order chi connectivity index (χ1) is 19.0. The van der Waals surface area contributed by atoms with Crippen LogP contribution in [0, 0.1) is 5.41 Å². The fourth-order valence-corrected chi connectivity index (χ4v) is 6.16. The molecule has 5 aromatic rings. The van der Waals surface area contributed by atoms with E-state index in [1.807, 2.05) is 60.7 Å². The Kier molecular flexibility index (Phi) is 7.91. The number of amides is 1. The number of halogens is 1. The van der Waals surface area contributed by atoms with Gasteiger partial charge in [-0.3, -0.25) is 15.2 Å². The normalized spacial score (nSPS) is 11.2. The molecule has 3 aromatic carbocycles. The first-order valence-electron chi connectivity index (χ1n) is 12.3. The highest BCUT2D eigenvalue weighted by Crippen LogP contribution is 2.48. The van der Waals surface area contributed by atoms with Gasteiger partial charge in [-0.25, -0.2) is 4.68 Å². The molecule has 0 aliphatic heterocycles. The predicted octanol–water partition coefficient (Wildman–Crippen LogP) is 6.63. The molecule has 2 heterocycles. The van der Waals surface area contributed by atoms with E-state index in [4.69, 9.17) is 17.0 Å². The summed E-state index contributed by atoms with van der Waals surface area (Å²) < 4.78 is 0.940. The van der Waals surface area contributed by atoms with Gasteiger partial charge in [-0.1, -0.05) is 103 Å². The molecule has 0 fully saturated rings. The summed E-state index contributed by atoms with van der Waals surface area (Å²) in [5, 5.41) is 13.3. The van der Waals surface area contributed by atoms with E-state index in [0.29, 0.717) is 5.69 Å². The molecule has 0 aliphatic rings. The predicted molar refractivity (Wildman–Crippen MR) is 159 cm³/mol. The number of carbonyl (C=O) groups excluding carboxylic acids is 1. The number of rotatable bonds is 9. The highest BCUT2D eigenvalue weighted by molar-refractivity contribution is 8.01. The van der Waals surface area contributed by atoms with Gasteiger partial charge in [-0.2, -0.15) is 5.10 Å². The fourth-order valence-electron chi connectivity index (χ4n) is 4.51. The first-order valence-corrected chi connectivity index (χ1v) is 13.7. The molecule has 5 rings (SSSR count). The summed E-state index contributed by atoms with van der Waals surface area (Å²) in [6.07, 6.45) is 4.99. The Morgan fingerprint density at radius 3 is 1.92 bits per heavy atom. The van der Waals surface area contributed by atoms with Gasteiger partial charge in [-0.05, 0) is 28.8 Å². The van der Waals surface area contributed by atoms with Crippen molar-refractivity contribution in [3.8, 4) is 5.69 Å². The van der Waals surface area contributed by atoms with Crippen LogP contribution in [-0.4, -0.2) is 39.2 Å². The van der Waals surface area contributed by atoms with Crippen molar-refractivity contribution in [3.63, 3.8) is 0 Å². The lowest BCUT2D eigenvalue weighted by molar-refractivity contribution is -0.112. The van der Waals surface area contributed by atoms with Gasteiger partial charge in [0, 0.05) is 19.0 Å². The van der Waals surface area contributed by atoms with Crippen LogP contribution in [0.2, 0.25) is 5.15 Å². The van der Waals surface area contributed by atoms with Crippen molar-refractivity contribution in [3.05, 3.63) is 144 Å². The van der Waals surface area contributed by atoms with Crippen molar-refractivity contribution < 1.29 is 4.79 Å². The number of hydrogen-bond donors (Lipinski definition) is 1. The van der Waals surface area contributed by atoms with Gasteiger partial charge in [0.2, 0.25) is 0 Å². The Bertz CT molecular complexity index is 1460. The summed E-state index contributed by atoms with van der Waals surface area (Å²) in [5.74, 6) is -0.269. The lowest BCUT2D eigenvalue weighted by atomic mass is 9.84. The average Bonchev–Trinajstić information content (AvgIpc) is 3.40. The van der Waals surface area contributed by atoms with Crippen LogP contribution in [0.3, 0.4) is 0 Å². The highest BCUT2D eigenvalue weighted by Gasteiger charge is 2.37. The average molecular weight is 552 g/mol. The van der Waals surface area contributed by atoms with Crippen molar-refractivity contribution in [2.75, 3.05) is 17.7 Å². The molecule has 0 atom stereocenters. The lowest BCUT2D eigenvalue weighted by Crippen LogP contribution is -2.35. The van der Waals surface area contributed by atoms with Crippen molar-refractivity contribution in [1.29, 1.82) is 5.41 Å². The number of pyridine rings is 1. The molecule has 0 bridgehead atoms. The second-order valence-electron chi connectivity index (χ2n) is 8.87. The summed E-state index contributed by atoms with van der Waals surface area (Å²) in [6, 6.07) is 34.3. The first kappa shape index (κ1) is 26.4. The van der Waals surface area contributed by atoms with E-state index in [2.05, 4.69) is 46.5 Å². The summed E-state index contributed by atoms with van der Waals surface area (Å²) in [7, 11) is 1.61. The quantitative estimate of drug-likeness (QED) is 0.165. The summed E-state index contributed by atoms with van der Waals surface area (Å²) in [4.78, 5) is 18.9. The molecular weight excluding hydrogens is 526 g/mol.